The molecule has 0 aromatic heterocycles. The van der Waals surface area contributed by atoms with Crippen LogP contribution >= 0.6 is 0 Å². The van der Waals surface area contributed by atoms with E-state index in [9.17, 15) is 19.2 Å². The zero-order valence-corrected chi connectivity index (χ0v) is 11.1. The Morgan fingerprint density at radius 3 is 2.05 bits per heavy atom. The molecule has 106 valence electrons. The quantitative estimate of drug-likeness (QED) is 0.493. The first-order valence-corrected chi connectivity index (χ1v) is 6.56. The van der Waals surface area contributed by atoms with Gasteiger partial charge in [-0.2, -0.15) is 0 Å². The Bertz CT molecular complexity index is 361. The maximum atomic E-state index is 11.4. The average Bonchev–Trinajstić information content (AvgIpc) is 2.65. The van der Waals surface area contributed by atoms with Crippen molar-refractivity contribution in [1.29, 1.82) is 0 Å². The van der Waals surface area contributed by atoms with E-state index in [0.29, 0.717) is 17.9 Å². The van der Waals surface area contributed by atoms with Crippen LogP contribution in [0.4, 0.5) is 0 Å². The Hall–Kier alpha value is -1.72. The van der Waals surface area contributed by atoms with Gasteiger partial charge in [0.25, 0.3) is 11.8 Å². The van der Waals surface area contributed by atoms with Gasteiger partial charge in [0.05, 0.1) is 0 Å². The highest BCUT2D eigenvalue weighted by Crippen LogP contribution is 2.13. The van der Waals surface area contributed by atoms with E-state index in [4.69, 9.17) is 4.84 Å². The molecule has 0 aliphatic carbocycles. The summed E-state index contributed by atoms with van der Waals surface area (Å²) < 4.78 is 0. The SMILES string of the molecule is CC(=O)CCCCCCC(=O)ON1C(=O)CCC1=O. The number of imide groups is 1. The first-order chi connectivity index (χ1) is 9.00. The number of hydroxylamine groups is 2. The van der Waals surface area contributed by atoms with Gasteiger partial charge in [-0.25, -0.2) is 4.79 Å². The molecule has 0 aromatic carbocycles. The Labute approximate surface area is 112 Å². The van der Waals surface area contributed by atoms with Crippen molar-refractivity contribution in [1.82, 2.24) is 5.06 Å². The average molecular weight is 269 g/mol. The van der Waals surface area contributed by atoms with Crippen LogP contribution in [0.15, 0.2) is 0 Å². The minimum Gasteiger partial charge on any atom is -0.330 e. The van der Waals surface area contributed by atoms with Gasteiger partial charge in [-0.15, -0.1) is 5.06 Å². The molecule has 0 N–H and O–H groups in total. The number of nitrogens with zero attached hydrogens (tertiary/aromatic N) is 1. The molecule has 0 bridgehead atoms. The van der Waals surface area contributed by atoms with E-state index in [2.05, 4.69) is 0 Å². The lowest BCUT2D eigenvalue weighted by Gasteiger charge is -2.12. The van der Waals surface area contributed by atoms with Gasteiger partial charge in [0.15, 0.2) is 0 Å². The van der Waals surface area contributed by atoms with E-state index < -0.39 is 17.8 Å². The lowest BCUT2D eigenvalue weighted by Crippen LogP contribution is -2.31. The Balaban J connectivity index is 2.10. The van der Waals surface area contributed by atoms with Crippen molar-refractivity contribution in [3.05, 3.63) is 0 Å². The van der Waals surface area contributed by atoms with Crippen LogP contribution in [0.2, 0.25) is 0 Å². The molecule has 0 saturated carbocycles. The number of unbranched alkanes of at least 4 members (excludes halogenated alkanes) is 3. The third-order valence-electron chi connectivity index (χ3n) is 2.86. The van der Waals surface area contributed by atoms with Crippen molar-refractivity contribution in [2.45, 2.75) is 58.3 Å². The molecule has 2 amide bonds. The molecular weight excluding hydrogens is 250 g/mol. The van der Waals surface area contributed by atoms with Crippen molar-refractivity contribution in [2.75, 3.05) is 0 Å². The molecule has 1 saturated heterocycles. The summed E-state index contributed by atoms with van der Waals surface area (Å²) in [5.74, 6) is -1.31. The van der Waals surface area contributed by atoms with Gasteiger partial charge < -0.3 is 9.63 Å². The zero-order valence-electron chi connectivity index (χ0n) is 11.1. The summed E-state index contributed by atoms with van der Waals surface area (Å²) in [4.78, 5) is 49.2. The third-order valence-corrected chi connectivity index (χ3v) is 2.86. The Kier molecular flexibility index (Phi) is 6.18. The van der Waals surface area contributed by atoms with Gasteiger partial charge in [-0.3, -0.25) is 9.59 Å². The van der Waals surface area contributed by atoms with E-state index in [1.807, 2.05) is 0 Å². The van der Waals surface area contributed by atoms with Crippen molar-refractivity contribution in [2.24, 2.45) is 0 Å². The van der Waals surface area contributed by atoms with Crippen LogP contribution in [-0.2, 0) is 24.0 Å². The lowest BCUT2D eigenvalue weighted by molar-refractivity contribution is -0.197. The molecular formula is C13H19NO5. The molecule has 6 nitrogen and oxygen atoms in total. The van der Waals surface area contributed by atoms with Gasteiger partial charge in [-0.05, 0) is 19.8 Å². The van der Waals surface area contributed by atoms with Crippen molar-refractivity contribution in [3.63, 3.8) is 0 Å². The van der Waals surface area contributed by atoms with Crippen LogP contribution < -0.4 is 0 Å². The monoisotopic (exact) mass is 269 g/mol. The number of hydrogen-bond donors (Lipinski definition) is 0. The van der Waals surface area contributed by atoms with Crippen LogP contribution in [-0.4, -0.2) is 28.6 Å². The number of ketones is 1. The molecule has 1 aliphatic rings. The number of carbonyl (C=O) groups excluding carboxylic acids is 4. The van der Waals surface area contributed by atoms with Crippen molar-refractivity contribution in [3.8, 4) is 0 Å². The summed E-state index contributed by atoms with van der Waals surface area (Å²) in [6.45, 7) is 1.56. The van der Waals surface area contributed by atoms with E-state index in [0.717, 1.165) is 19.3 Å². The fourth-order valence-corrected chi connectivity index (χ4v) is 1.80. The maximum absolute atomic E-state index is 11.4. The first-order valence-electron chi connectivity index (χ1n) is 6.56. The van der Waals surface area contributed by atoms with Gasteiger partial charge in [0, 0.05) is 25.7 Å². The molecule has 1 fully saturated rings. The van der Waals surface area contributed by atoms with E-state index in [-0.39, 0.29) is 25.0 Å². The highest BCUT2D eigenvalue weighted by atomic mass is 16.7. The zero-order chi connectivity index (χ0) is 14.3. The van der Waals surface area contributed by atoms with Crippen molar-refractivity contribution < 1.29 is 24.0 Å². The van der Waals surface area contributed by atoms with Crippen LogP contribution in [0.3, 0.4) is 0 Å². The first kappa shape index (κ1) is 15.3. The number of hydrogen-bond acceptors (Lipinski definition) is 5. The van der Waals surface area contributed by atoms with Gasteiger partial charge in [-0.1, -0.05) is 12.8 Å². The van der Waals surface area contributed by atoms with Crippen molar-refractivity contribution >= 4 is 23.6 Å². The molecule has 0 atom stereocenters. The van der Waals surface area contributed by atoms with E-state index in [1.165, 1.54) is 0 Å². The summed E-state index contributed by atoms with van der Waals surface area (Å²) >= 11 is 0. The summed E-state index contributed by atoms with van der Waals surface area (Å²) in [7, 11) is 0. The maximum Gasteiger partial charge on any atom is 0.333 e. The molecule has 6 heteroatoms. The van der Waals surface area contributed by atoms with Gasteiger partial charge >= 0.3 is 5.97 Å². The minimum atomic E-state index is -0.560. The number of carbonyl (C=O) groups is 4. The second-order valence-electron chi connectivity index (χ2n) is 4.66. The topological polar surface area (TPSA) is 80.8 Å². The molecule has 0 spiro atoms. The molecule has 1 aliphatic heterocycles. The molecule has 1 heterocycles. The number of amides is 2. The second kappa shape index (κ2) is 7.66. The van der Waals surface area contributed by atoms with Crippen LogP contribution in [0.1, 0.15) is 58.3 Å². The van der Waals surface area contributed by atoms with Gasteiger partial charge in [0.1, 0.15) is 5.78 Å². The van der Waals surface area contributed by atoms with Gasteiger partial charge in [0.2, 0.25) is 0 Å². The summed E-state index contributed by atoms with van der Waals surface area (Å²) in [6.07, 6.45) is 4.13. The van der Waals surface area contributed by atoms with Crippen LogP contribution in [0.5, 0.6) is 0 Å². The fourth-order valence-electron chi connectivity index (χ4n) is 1.80. The molecule has 0 aromatic rings. The number of rotatable bonds is 8. The standard InChI is InChI=1S/C13H19NO5/c1-10(15)6-4-2-3-5-7-13(18)19-14-11(16)8-9-12(14)17/h2-9H2,1H3. The smallest absolute Gasteiger partial charge is 0.330 e. The molecule has 19 heavy (non-hydrogen) atoms. The second-order valence-corrected chi connectivity index (χ2v) is 4.66. The van der Waals surface area contributed by atoms with Crippen LogP contribution in [0.25, 0.3) is 0 Å². The minimum absolute atomic E-state index is 0.108. The predicted molar refractivity (Wildman–Crippen MR) is 65.6 cm³/mol. The third kappa shape index (κ3) is 5.63. The summed E-state index contributed by atoms with van der Waals surface area (Å²) in [5, 5.41) is 0.568. The summed E-state index contributed by atoms with van der Waals surface area (Å²) in [6, 6.07) is 0. The highest BCUT2D eigenvalue weighted by Gasteiger charge is 2.32. The van der Waals surface area contributed by atoms with E-state index >= 15 is 0 Å². The largest absolute Gasteiger partial charge is 0.333 e. The number of Topliss-reactive ketones (excluding diaryl/α,β-unsaturated/α-hetero) is 1. The highest BCUT2D eigenvalue weighted by molar-refractivity contribution is 6.01. The Morgan fingerprint density at radius 2 is 1.53 bits per heavy atom. The van der Waals surface area contributed by atoms with E-state index in [1.54, 1.807) is 6.92 Å². The lowest BCUT2D eigenvalue weighted by atomic mass is 10.1. The molecule has 0 unspecified atom stereocenters. The Morgan fingerprint density at radius 1 is 1.00 bits per heavy atom. The predicted octanol–water partition coefficient (Wildman–Crippen LogP) is 1.52. The molecule has 1 rings (SSSR count). The van der Waals surface area contributed by atoms with Crippen LogP contribution in [0, 0.1) is 0 Å². The summed E-state index contributed by atoms with van der Waals surface area (Å²) in [5.41, 5.74) is 0. The normalized spacial score (nSPS) is 14.9. The molecule has 0 radical (unpaired) electrons. The fraction of sp³-hybridized carbons (Fsp3) is 0.692.